The Morgan fingerprint density at radius 1 is 1.13 bits per heavy atom. The van der Waals surface area contributed by atoms with Gasteiger partial charge in [0.1, 0.15) is 5.52 Å². The molecule has 0 amide bonds. The summed E-state index contributed by atoms with van der Waals surface area (Å²) in [6.45, 7) is 0. The second-order valence-corrected chi connectivity index (χ2v) is 3.19. The summed E-state index contributed by atoms with van der Waals surface area (Å²) in [6, 6.07) is 13.4. The van der Waals surface area contributed by atoms with Gasteiger partial charge in [-0.15, -0.1) is 0 Å². The van der Waals surface area contributed by atoms with Crippen molar-refractivity contribution in [2.45, 2.75) is 0 Å². The van der Waals surface area contributed by atoms with Crippen molar-refractivity contribution in [3.05, 3.63) is 48.8 Å². The SMILES string of the molecule is c1ccc(-c2cc3nccnc3[nH]2)cc#1. The molecule has 0 saturated carbocycles. The Bertz CT molecular complexity index is 551. The van der Waals surface area contributed by atoms with Gasteiger partial charge in [0.2, 0.25) is 0 Å². The van der Waals surface area contributed by atoms with Crippen LogP contribution in [0.4, 0.5) is 0 Å². The molecule has 3 rings (SSSR count). The third-order valence-corrected chi connectivity index (χ3v) is 2.23. The van der Waals surface area contributed by atoms with Gasteiger partial charge in [-0.25, -0.2) is 4.98 Å². The van der Waals surface area contributed by atoms with E-state index < -0.39 is 0 Å². The normalized spacial score (nSPS) is 10.1. The van der Waals surface area contributed by atoms with Gasteiger partial charge in [0.05, 0.1) is 0 Å². The monoisotopic (exact) mass is 193 g/mol. The Kier molecular flexibility index (Phi) is 1.66. The van der Waals surface area contributed by atoms with E-state index in [9.17, 15) is 0 Å². The Morgan fingerprint density at radius 3 is 2.87 bits per heavy atom. The first-order valence-electron chi connectivity index (χ1n) is 4.61. The van der Waals surface area contributed by atoms with E-state index in [0.717, 1.165) is 22.4 Å². The fraction of sp³-hybridized carbons (Fsp3) is 0. The maximum atomic E-state index is 4.22. The number of aromatic amines is 1. The van der Waals surface area contributed by atoms with Gasteiger partial charge in [-0.05, 0) is 24.3 Å². The molecule has 0 atom stereocenters. The van der Waals surface area contributed by atoms with Gasteiger partial charge >= 0.3 is 0 Å². The van der Waals surface area contributed by atoms with Crippen molar-refractivity contribution >= 4 is 11.2 Å². The highest BCUT2D eigenvalue weighted by atomic mass is 14.9. The molecule has 0 spiro atoms. The maximum absolute atomic E-state index is 4.22. The molecule has 2 aromatic heterocycles. The predicted molar refractivity (Wildman–Crippen MR) is 57.0 cm³/mol. The van der Waals surface area contributed by atoms with Crippen molar-refractivity contribution in [2.24, 2.45) is 0 Å². The first-order valence-corrected chi connectivity index (χ1v) is 4.61. The van der Waals surface area contributed by atoms with Crippen molar-refractivity contribution in [3.63, 3.8) is 0 Å². The summed E-state index contributed by atoms with van der Waals surface area (Å²) < 4.78 is 0. The van der Waals surface area contributed by atoms with Crippen LogP contribution in [0.1, 0.15) is 0 Å². The minimum atomic E-state index is 0.806. The van der Waals surface area contributed by atoms with Crippen LogP contribution in [0.15, 0.2) is 36.7 Å². The number of aromatic nitrogens is 3. The van der Waals surface area contributed by atoms with Crippen LogP contribution in [-0.4, -0.2) is 15.0 Å². The number of hydrogen-bond acceptors (Lipinski definition) is 2. The van der Waals surface area contributed by atoms with Crippen molar-refractivity contribution in [1.29, 1.82) is 0 Å². The molecule has 0 aliphatic carbocycles. The number of nitrogens with zero attached hydrogens (tertiary/aromatic N) is 2. The molecule has 15 heavy (non-hydrogen) atoms. The van der Waals surface area contributed by atoms with E-state index in [-0.39, 0.29) is 0 Å². The standard InChI is InChI=1S/C12H7N3/c1-2-4-9(5-3-1)10-8-11-12(15-10)14-7-6-13-11/h2,4-8H,(H,14,15). The lowest BCUT2D eigenvalue weighted by Crippen LogP contribution is -1.77. The fourth-order valence-corrected chi connectivity index (χ4v) is 1.52. The first kappa shape index (κ1) is 8.01. The van der Waals surface area contributed by atoms with Crippen LogP contribution in [0, 0.1) is 12.1 Å². The average Bonchev–Trinajstić information content (AvgIpc) is 2.74. The molecule has 1 N–H and O–H groups in total. The molecule has 2 heterocycles. The van der Waals surface area contributed by atoms with E-state index in [4.69, 9.17) is 0 Å². The van der Waals surface area contributed by atoms with E-state index in [1.54, 1.807) is 12.4 Å². The van der Waals surface area contributed by atoms with Crippen LogP contribution in [0.3, 0.4) is 0 Å². The molecule has 3 nitrogen and oxygen atoms in total. The van der Waals surface area contributed by atoms with Gasteiger partial charge in [0, 0.05) is 23.7 Å². The number of fused-ring (bicyclic) bond motifs is 1. The Morgan fingerprint density at radius 2 is 2.07 bits per heavy atom. The molecule has 0 fully saturated rings. The lowest BCUT2D eigenvalue weighted by Gasteiger charge is -1.91. The fourth-order valence-electron chi connectivity index (χ4n) is 1.52. The van der Waals surface area contributed by atoms with Gasteiger partial charge < -0.3 is 4.98 Å². The first-order chi connectivity index (χ1) is 7.43. The molecule has 0 radical (unpaired) electrons. The zero-order chi connectivity index (χ0) is 10.1. The lowest BCUT2D eigenvalue weighted by atomic mass is 10.2. The smallest absolute Gasteiger partial charge is 0.156 e. The number of nitrogens with one attached hydrogen (secondary N) is 1. The van der Waals surface area contributed by atoms with Crippen molar-refractivity contribution < 1.29 is 0 Å². The predicted octanol–water partition coefficient (Wildman–Crippen LogP) is 2.23. The van der Waals surface area contributed by atoms with Crippen molar-refractivity contribution in [2.75, 3.05) is 0 Å². The van der Waals surface area contributed by atoms with Gasteiger partial charge in [0.25, 0.3) is 0 Å². The highest BCUT2D eigenvalue weighted by Crippen LogP contribution is 2.20. The van der Waals surface area contributed by atoms with Crippen LogP contribution in [0.5, 0.6) is 0 Å². The summed E-state index contributed by atoms with van der Waals surface area (Å²) >= 11 is 0. The highest BCUT2D eigenvalue weighted by Gasteiger charge is 2.03. The molecule has 3 aromatic rings. The summed E-state index contributed by atoms with van der Waals surface area (Å²) in [5.74, 6) is 0. The third-order valence-electron chi connectivity index (χ3n) is 2.23. The summed E-state index contributed by atoms with van der Waals surface area (Å²) in [7, 11) is 0. The minimum absolute atomic E-state index is 0.806. The second-order valence-electron chi connectivity index (χ2n) is 3.19. The van der Waals surface area contributed by atoms with Crippen molar-refractivity contribution in [1.82, 2.24) is 15.0 Å². The topological polar surface area (TPSA) is 41.6 Å². The molecule has 0 aliphatic rings. The Hall–Kier alpha value is -2.34. The molecule has 0 unspecified atom stereocenters. The maximum Gasteiger partial charge on any atom is 0.156 e. The van der Waals surface area contributed by atoms with Gasteiger partial charge in [-0.2, -0.15) is 0 Å². The molecule has 0 saturated heterocycles. The average molecular weight is 193 g/mol. The number of H-pyrrole nitrogens is 1. The van der Waals surface area contributed by atoms with Crippen LogP contribution in [-0.2, 0) is 0 Å². The number of rotatable bonds is 1. The van der Waals surface area contributed by atoms with E-state index in [0.29, 0.717) is 0 Å². The Labute approximate surface area is 86.8 Å². The summed E-state index contributed by atoms with van der Waals surface area (Å²) in [4.78, 5) is 11.6. The second kappa shape index (κ2) is 3.10. The molecule has 1 aromatic carbocycles. The minimum Gasteiger partial charge on any atom is -0.338 e. The lowest BCUT2D eigenvalue weighted by molar-refractivity contribution is 1.26. The van der Waals surface area contributed by atoms with Crippen LogP contribution >= 0.6 is 0 Å². The van der Waals surface area contributed by atoms with E-state index in [1.165, 1.54) is 0 Å². The van der Waals surface area contributed by atoms with E-state index in [1.807, 2.05) is 24.3 Å². The van der Waals surface area contributed by atoms with Crippen molar-refractivity contribution in [3.8, 4) is 11.3 Å². The molecular formula is C12H7N3. The summed E-state index contributed by atoms with van der Waals surface area (Å²) in [6.07, 6.45) is 3.36. The van der Waals surface area contributed by atoms with E-state index >= 15 is 0 Å². The zero-order valence-electron chi connectivity index (χ0n) is 7.86. The van der Waals surface area contributed by atoms with Crippen LogP contribution in [0.2, 0.25) is 0 Å². The zero-order valence-corrected chi connectivity index (χ0v) is 7.86. The molecule has 70 valence electrons. The summed E-state index contributed by atoms with van der Waals surface area (Å²) in [5.41, 5.74) is 3.75. The van der Waals surface area contributed by atoms with E-state index in [2.05, 4.69) is 27.1 Å². The van der Waals surface area contributed by atoms with Crippen LogP contribution < -0.4 is 0 Å². The molecule has 0 aliphatic heterocycles. The molecular weight excluding hydrogens is 186 g/mol. The molecule has 3 heteroatoms. The van der Waals surface area contributed by atoms with Gasteiger partial charge in [0.15, 0.2) is 5.65 Å². The van der Waals surface area contributed by atoms with Gasteiger partial charge in [-0.3, -0.25) is 4.98 Å². The summed E-state index contributed by atoms with van der Waals surface area (Å²) in [5, 5.41) is 0. The third kappa shape index (κ3) is 1.32. The quantitative estimate of drug-likeness (QED) is 0.643. The Balaban J connectivity index is 2.21. The highest BCUT2D eigenvalue weighted by molar-refractivity contribution is 5.79. The molecule has 0 bridgehead atoms. The van der Waals surface area contributed by atoms with Crippen LogP contribution in [0.25, 0.3) is 22.4 Å². The largest absolute Gasteiger partial charge is 0.338 e. The number of hydrogen-bond donors (Lipinski definition) is 1. The van der Waals surface area contributed by atoms with Gasteiger partial charge in [-0.1, -0.05) is 12.1 Å².